The normalized spacial score (nSPS) is 22.0. The fourth-order valence-corrected chi connectivity index (χ4v) is 3.73. The van der Waals surface area contributed by atoms with Crippen molar-refractivity contribution in [2.24, 2.45) is 5.92 Å². The molecule has 7 nitrogen and oxygen atoms in total. The molecule has 1 saturated carbocycles. The van der Waals surface area contributed by atoms with Gasteiger partial charge in [0.2, 0.25) is 0 Å². The zero-order valence-corrected chi connectivity index (χ0v) is 16.3. The van der Waals surface area contributed by atoms with E-state index in [1.54, 1.807) is 0 Å². The summed E-state index contributed by atoms with van der Waals surface area (Å²) in [5.74, 6) is 1.05. The lowest BCUT2D eigenvalue weighted by Gasteiger charge is -2.29. The standard InChI is InChI=1S/C19H36N4O3/c1-20-7-8-23(2)12-17-11-21-22-19(17)16-5-3-4-15(10-16)14-26-9-6-18(25)13-24/h11,15-16,18,20,24-25H,3-10,12-14H2,1-2H3,(H,21,22). The van der Waals surface area contributed by atoms with Gasteiger partial charge in [-0.15, -0.1) is 0 Å². The van der Waals surface area contributed by atoms with E-state index in [2.05, 4.69) is 27.5 Å². The van der Waals surface area contributed by atoms with Gasteiger partial charge in [-0.05, 0) is 45.7 Å². The fourth-order valence-electron chi connectivity index (χ4n) is 3.73. The van der Waals surface area contributed by atoms with Crippen molar-refractivity contribution >= 4 is 0 Å². The number of aliphatic hydroxyl groups is 2. The average Bonchev–Trinajstić information content (AvgIpc) is 3.11. The van der Waals surface area contributed by atoms with E-state index in [0.717, 1.165) is 32.7 Å². The average molecular weight is 369 g/mol. The number of H-pyrrole nitrogens is 1. The molecule has 2 rings (SSSR count). The van der Waals surface area contributed by atoms with E-state index < -0.39 is 6.10 Å². The molecule has 1 fully saturated rings. The number of aliphatic hydroxyl groups excluding tert-OH is 2. The number of rotatable bonds is 12. The molecule has 0 saturated heterocycles. The van der Waals surface area contributed by atoms with Gasteiger partial charge in [-0.25, -0.2) is 0 Å². The van der Waals surface area contributed by atoms with Crippen LogP contribution >= 0.6 is 0 Å². The molecule has 1 aromatic heterocycles. The molecule has 7 heteroatoms. The van der Waals surface area contributed by atoms with Crippen LogP contribution in [-0.2, 0) is 11.3 Å². The van der Waals surface area contributed by atoms with E-state index in [9.17, 15) is 5.11 Å². The minimum absolute atomic E-state index is 0.195. The highest BCUT2D eigenvalue weighted by Crippen LogP contribution is 2.37. The Morgan fingerprint density at radius 1 is 1.46 bits per heavy atom. The first-order valence-electron chi connectivity index (χ1n) is 9.86. The molecule has 0 radical (unpaired) electrons. The monoisotopic (exact) mass is 368 g/mol. The van der Waals surface area contributed by atoms with Gasteiger partial charge in [-0.1, -0.05) is 6.42 Å². The largest absolute Gasteiger partial charge is 0.394 e. The third kappa shape index (κ3) is 6.96. The van der Waals surface area contributed by atoms with Crippen molar-refractivity contribution in [3.8, 4) is 0 Å². The summed E-state index contributed by atoms with van der Waals surface area (Å²) in [6.45, 7) is 3.96. The minimum atomic E-state index is -0.666. The molecule has 26 heavy (non-hydrogen) atoms. The number of nitrogens with zero attached hydrogens (tertiary/aromatic N) is 2. The minimum Gasteiger partial charge on any atom is -0.394 e. The number of nitrogens with one attached hydrogen (secondary N) is 2. The maximum absolute atomic E-state index is 9.37. The Balaban J connectivity index is 1.81. The van der Waals surface area contributed by atoms with Gasteiger partial charge in [-0.2, -0.15) is 5.10 Å². The van der Waals surface area contributed by atoms with E-state index in [1.807, 2.05) is 13.2 Å². The van der Waals surface area contributed by atoms with E-state index in [4.69, 9.17) is 9.84 Å². The van der Waals surface area contributed by atoms with Gasteiger partial charge < -0.3 is 25.2 Å². The first kappa shape index (κ1) is 21.3. The Bertz CT molecular complexity index is 497. The number of likely N-dealkylation sites (N-methyl/N-ethyl adjacent to an activating group) is 2. The molecule has 1 aliphatic rings. The Morgan fingerprint density at radius 2 is 2.31 bits per heavy atom. The van der Waals surface area contributed by atoms with E-state index in [-0.39, 0.29) is 6.61 Å². The Kier molecular flexibility index (Phi) is 9.56. The van der Waals surface area contributed by atoms with Crippen LogP contribution in [0.5, 0.6) is 0 Å². The van der Waals surface area contributed by atoms with Gasteiger partial charge in [0.05, 0.1) is 18.4 Å². The summed E-state index contributed by atoms with van der Waals surface area (Å²) >= 11 is 0. The lowest BCUT2D eigenvalue weighted by molar-refractivity contribution is 0.0321. The fraction of sp³-hybridized carbons (Fsp3) is 0.842. The third-order valence-electron chi connectivity index (χ3n) is 5.27. The molecule has 1 aliphatic carbocycles. The van der Waals surface area contributed by atoms with Crippen LogP contribution in [0.2, 0.25) is 0 Å². The second-order valence-electron chi connectivity index (χ2n) is 7.57. The molecule has 0 aromatic carbocycles. The SMILES string of the molecule is CNCCN(C)Cc1c[nH]nc1C1CCCC(COCCC(O)CO)C1. The van der Waals surface area contributed by atoms with Crippen molar-refractivity contribution in [1.29, 1.82) is 0 Å². The molecule has 0 amide bonds. The summed E-state index contributed by atoms with van der Waals surface area (Å²) in [7, 11) is 4.12. The molecular formula is C19H36N4O3. The molecule has 3 unspecified atom stereocenters. The van der Waals surface area contributed by atoms with E-state index in [1.165, 1.54) is 30.5 Å². The van der Waals surface area contributed by atoms with Crippen LogP contribution in [0.3, 0.4) is 0 Å². The van der Waals surface area contributed by atoms with Crippen molar-refractivity contribution in [2.75, 3.05) is 47.0 Å². The molecule has 1 heterocycles. The molecule has 3 atom stereocenters. The zero-order valence-electron chi connectivity index (χ0n) is 16.3. The lowest BCUT2D eigenvalue weighted by Crippen LogP contribution is -2.27. The quantitative estimate of drug-likeness (QED) is 0.413. The molecule has 1 aromatic rings. The Hall–Kier alpha value is -0.990. The van der Waals surface area contributed by atoms with Crippen LogP contribution in [0, 0.1) is 5.92 Å². The molecule has 0 bridgehead atoms. The van der Waals surface area contributed by atoms with Crippen molar-refractivity contribution in [3.63, 3.8) is 0 Å². The number of aromatic amines is 1. The predicted octanol–water partition coefficient (Wildman–Crippen LogP) is 1.09. The van der Waals surface area contributed by atoms with Crippen molar-refractivity contribution in [1.82, 2.24) is 20.4 Å². The molecule has 4 N–H and O–H groups in total. The summed E-state index contributed by atoms with van der Waals surface area (Å²) in [4.78, 5) is 2.32. The van der Waals surface area contributed by atoms with E-state index in [0.29, 0.717) is 24.9 Å². The van der Waals surface area contributed by atoms with Gasteiger partial charge in [0.15, 0.2) is 0 Å². The van der Waals surface area contributed by atoms with Gasteiger partial charge in [-0.3, -0.25) is 5.10 Å². The van der Waals surface area contributed by atoms with Crippen LogP contribution in [0.4, 0.5) is 0 Å². The van der Waals surface area contributed by atoms with Crippen LogP contribution in [-0.4, -0.2) is 78.4 Å². The first-order chi connectivity index (χ1) is 12.6. The first-order valence-corrected chi connectivity index (χ1v) is 9.86. The number of hydrogen-bond donors (Lipinski definition) is 4. The summed E-state index contributed by atoms with van der Waals surface area (Å²) < 4.78 is 5.74. The number of aromatic nitrogens is 2. The maximum atomic E-state index is 9.37. The van der Waals surface area contributed by atoms with Crippen LogP contribution in [0.25, 0.3) is 0 Å². The van der Waals surface area contributed by atoms with Crippen molar-refractivity contribution in [3.05, 3.63) is 17.5 Å². The summed E-state index contributed by atoms with van der Waals surface area (Å²) in [6, 6.07) is 0. The van der Waals surface area contributed by atoms with Gasteiger partial charge >= 0.3 is 0 Å². The van der Waals surface area contributed by atoms with Crippen LogP contribution in [0.15, 0.2) is 6.20 Å². The van der Waals surface area contributed by atoms with Gasteiger partial charge in [0.1, 0.15) is 0 Å². The smallest absolute Gasteiger partial charge is 0.0792 e. The Labute approximate surface area is 157 Å². The molecule has 0 spiro atoms. The third-order valence-corrected chi connectivity index (χ3v) is 5.27. The highest BCUT2D eigenvalue weighted by atomic mass is 16.5. The highest BCUT2D eigenvalue weighted by Gasteiger charge is 2.27. The number of ether oxygens (including phenoxy) is 1. The van der Waals surface area contributed by atoms with Gasteiger partial charge in [0.25, 0.3) is 0 Å². The highest BCUT2D eigenvalue weighted by molar-refractivity contribution is 5.21. The molecule has 0 aliphatic heterocycles. The number of hydrogen-bond acceptors (Lipinski definition) is 6. The summed E-state index contributed by atoms with van der Waals surface area (Å²) in [5, 5.41) is 29.0. The predicted molar refractivity (Wildman–Crippen MR) is 102 cm³/mol. The second-order valence-corrected chi connectivity index (χ2v) is 7.57. The van der Waals surface area contributed by atoms with Gasteiger partial charge in [0, 0.05) is 50.5 Å². The van der Waals surface area contributed by atoms with Crippen molar-refractivity contribution < 1.29 is 14.9 Å². The van der Waals surface area contributed by atoms with Crippen LogP contribution in [0.1, 0.15) is 49.3 Å². The van der Waals surface area contributed by atoms with Crippen molar-refractivity contribution in [2.45, 2.75) is 50.7 Å². The van der Waals surface area contributed by atoms with E-state index >= 15 is 0 Å². The molecular weight excluding hydrogens is 332 g/mol. The van der Waals surface area contributed by atoms with Crippen LogP contribution < -0.4 is 5.32 Å². The summed E-state index contributed by atoms with van der Waals surface area (Å²) in [5.41, 5.74) is 2.53. The molecule has 150 valence electrons. The summed E-state index contributed by atoms with van der Waals surface area (Å²) in [6.07, 6.45) is 6.58. The maximum Gasteiger partial charge on any atom is 0.0792 e. The topological polar surface area (TPSA) is 93.6 Å². The second kappa shape index (κ2) is 11.7. The lowest BCUT2D eigenvalue weighted by atomic mass is 9.79. The Morgan fingerprint density at radius 3 is 3.08 bits per heavy atom. The zero-order chi connectivity index (χ0) is 18.8.